The van der Waals surface area contributed by atoms with E-state index in [1.165, 1.54) is 12.1 Å². The molecule has 0 radical (unpaired) electrons. The molecule has 0 fully saturated rings. The molecule has 2 aromatic rings. The zero-order valence-electron chi connectivity index (χ0n) is 14.1. The van der Waals surface area contributed by atoms with E-state index in [1.807, 2.05) is 37.3 Å². The second-order valence-electron chi connectivity index (χ2n) is 5.48. The zero-order valence-corrected chi connectivity index (χ0v) is 14.1. The number of nitrogens with one attached hydrogen (secondary N) is 1. The van der Waals surface area contributed by atoms with Crippen molar-refractivity contribution in [2.24, 2.45) is 0 Å². The molecule has 0 heterocycles. The van der Waals surface area contributed by atoms with Gasteiger partial charge in [-0.15, -0.1) is 0 Å². The molecule has 5 heteroatoms. The highest BCUT2D eigenvalue weighted by molar-refractivity contribution is 5.74. The van der Waals surface area contributed by atoms with Crippen LogP contribution in [0.25, 0.3) is 0 Å². The SMILES string of the molecule is CCN(Cc1cccc(F)c1)C(=O)NCCc1cccc(OC)c1. The van der Waals surface area contributed by atoms with Crippen molar-refractivity contribution < 1.29 is 13.9 Å². The highest BCUT2D eigenvalue weighted by Gasteiger charge is 2.11. The van der Waals surface area contributed by atoms with Crippen LogP contribution in [0, 0.1) is 5.82 Å². The summed E-state index contributed by atoms with van der Waals surface area (Å²) in [6, 6.07) is 13.9. The topological polar surface area (TPSA) is 41.6 Å². The standard InChI is InChI=1S/C19H23FN2O2/c1-3-22(14-16-7-4-8-17(20)12-16)19(23)21-11-10-15-6-5-9-18(13-15)24-2/h4-9,12-13H,3,10-11,14H2,1-2H3,(H,21,23). The number of carbonyl (C=O) groups excluding carboxylic acids is 1. The molecule has 2 aromatic carbocycles. The fourth-order valence-corrected chi connectivity index (χ4v) is 2.44. The first-order valence-electron chi connectivity index (χ1n) is 8.02. The third-order valence-corrected chi connectivity index (χ3v) is 3.76. The fourth-order valence-electron chi connectivity index (χ4n) is 2.44. The lowest BCUT2D eigenvalue weighted by Crippen LogP contribution is -2.40. The van der Waals surface area contributed by atoms with E-state index in [0.717, 1.165) is 23.3 Å². The Morgan fingerprint density at radius 1 is 1.17 bits per heavy atom. The van der Waals surface area contributed by atoms with E-state index in [-0.39, 0.29) is 11.8 Å². The molecule has 0 saturated carbocycles. The highest BCUT2D eigenvalue weighted by Crippen LogP contribution is 2.12. The van der Waals surface area contributed by atoms with Crippen LogP contribution in [0.1, 0.15) is 18.1 Å². The number of halogens is 1. The maximum Gasteiger partial charge on any atom is 0.317 e. The summed E-state index contributed by atoms with van der Waals surface area (Å²) in [4.78, 5) is 13.9. The second kappa shape index (κ2) is 8.91. The van der Waals surface area contributed by atoms with E-state index >= 15 is 0 Å². The maximum atomic E-state index is 13.2. The van der Waals surface area contributed by atoms with Crippen molar-refractivity contribution in [1.82, 2.24) is 10.2 Å². The van der Waals surface area contributed by atoms with E-state index in [2.05, 4.69) is 5.32 Å². The van der Waals surface area contributed by atoms with Crippen molar-refractivity contribution in [2.45, 2.75) is 19.9 Å². The molecule has 0 unspecified atom stereocenters. The first-order valence-corrected chi connectivity index (χ1v) is 8.02. The van der Waals surface area contributed by atoms with Gasteiger partial charge in [-0.05, 0) is 48.7 Å². The Balaban J connectivity index is 1.85. The molecule has 0 atom stereocenters. The molecule has 0 aliphatic carbocycles. The van der Waals surface area contributed by atoms with Crippen LogP contribution in [-0.2, 0) is 13.0 Å². The number of hydrogen-bond acceptors (Lipinski definition) is 2. The van der Waals surface area contributed by atoms with Crippen LogP contribution in [0.4, 0.5) is 9.18 Å². The Kier molecular flexibility index (Phi) is 6.61. The van der Waals surface area contributed by atoms with E-state index in [9.17, 15) is 9.18 Å². The number of rotatable bonds is 7. The summed E-state index contributed by atoms with van der Waals surface area (Å²) in [7, 11) is 1.63. The average molecular weight is 330 g/mol. The van der Waals surface area contributed by atoms with Crippen molar-refractivity contribution in [3.8, 4) is 5.75 Å². The number of urea groups is 1. The maximum absolute atomic E-state index is 13.2. The van der Waals surface area contributed by atoms with Gasteiger partial charge >= 0.3 is 6.03 Å². The van der Waals surface area contributed by atoms with Gasteiger partial charge in [-0.1, -0.05) is 24.3 Å². The molecular weight excluding hydrogens is 307 g/mol. The van der Waals surface area contributed by atoms with Gasteiger partial charge in [0.15, 0.2) is 0 Å². The zero-order chi connectivity index (χ0) is 17.4. The highest BCUT2D eigenvalue weighted by atomic mass is 19.1. The number of hydrogen-bond donors (Lipinski definition) is 1. The minimum absolute atomic E-state index is 0.148. The largest absolute Gasteiger partial charge is 0.497 e. The van der Waals surface area contributed by atoms with Gasteiger partial charge < -0.3 is 15.0 Å². The smallest absolute Gasteiger partial charge is 0.317 e. The lowest BCUT2D eigenvalue weighted by atomic mass is 10.1. The van der Waals surface area contributed by atoms with Crippen LogP contribution in [0.2, 0.25) is 0 Å². The molecule has 2 amide bonds. The number of benzene rings is 2. The summed E-state index contributed by atoms with van der Waals surface area (Å²) >= 11 is 0. The number of amides is 2. The van der Waals surface area contributed by atoms with Gasteiger partial charge in [-0.3, -0.25) is 0 Å². The van der Waals surface area contributed by atoms with Gasteiger partial charge in [0.25, 0.3) is 0 Å². The van der Waals surface area contributed by atoms with Crippen LogP contribution in [0.3, 0.4) is 0 Å². The third kappa shape index (κ3) is 5.26. The Bertz CT molecular complexity index is 676. The fraction of sp³-hybridized carbons (Fsp3) is 0.316. The van der Waals surface area contributed by atoms with E-state index in [0.29, 0.717) is 19.6 Å². The summed E-state index contributed by atoms with van der Waals surface area (Å²) in [6.07, 6.45) is 0.723. The van der Waals surface area contributed by atoms with Crippen LogP contribution >= 0.6 is 0 Å². The van der Waals surface area contributed by atoms with Crippen molar-refractivity contribution in [3.05, 3.63) is 65.5 Å². The first kappa shape index (κ1) is 17.8. The number of carbonyl (C=O) groups is 1. The molecule has 0 aliphatic rings. The second-order valence-corrected chi connectivity index (χ2v) is 5.48. The Hall–Kier alpha value is -2.56. The quantitative estimate of drug-likeness (QED) is 0.842. The van der Waals surface area contributed by atoms with Gasteiger partial charge in [-0.2, -0.15) is 0 Å². The molecule has 4 nitrogen and oxygen atoms in total. The minimum atomic E-state index is -0.290. The Morgan fingerprint density at radius 3 is 2.62 bits per heavy atom. The van der Waals surface area contributed by atoms with Crippen molar-refractivity contribution in [1.29, 1.82) is 0 Å². The Labute approximate surface area is 142 Å². The van der Waals surface area contributed by atoms with Crippen molar-refractivity contribution in [2.75, 3.05) is 20.2 Å². The van der Waals surface area contributed by atoms with E-state index < -0.39 is 0 Å². The first-order chi connectivity index (χ1) is 11.6. The summed E-state index contributed by atoms with van der Waals surface area (Å²) in [5.74, 6) is 0.516. The molecule has 1 N–H and O–H groups in total. The predicted molar refractivity (Wildman–Crippen MR) is 92.6 cm³/mol. The van der Waals surface area contributed by atoms with Crippen LogP contribution in [0.15, 0.2) is 48.5 Å². The molecule has 0 aromatic heterocycles. The van der Waals surface area contributed by atoms with Gasteiger partial charge in [0.05, 0.1) is 7.11 Å². The molecule has 0 saturated heterocycles. The van der Waals surface area contributed by atoms with Crippen LogP contribution < -0.4 is 10.1 Å². The summed E-state index contributed by atoms with van der Waals surface area (Å²) in [6.45, 7) is 3.38. The van der Waals surface area contributed by atoms with Crippen LogP contribution in [-0.4, -0.2) is 31.1 Å². The van der Waals surface area contributed by atoms with E-state index in [1.54, 1.807) is 18.1 Å². The monoisotopic (exact) mass is 330 g/mol. The molecule has 2 rings (SSSR count). The van der Waals surface area contributed by atoms with Crippen molar-refractivity contribution in [3.63, 3.8) is 0 Å². The molecule has 0 bridgehead atoms. The number of ether oxygens (including phenoxy) is 1. The minimum Gasteiger partial charge on any atom is -0.497 e. The van der Waals surface area contributed by atoms with Crippen molar-refractivity contribution >= 4 is 6.03 Å². The van der Waals surface area contributed by atoms with Gasteiger partial charge in [0.1, 0.15) is 11.6 Å². The summed E-state index contributed by atoms with van der Waals surface area (Å²) < 4.78 is 18.4. The summed E-state index contributed by atoms with van der Waals surface area (Å²) in [5, 5.41) is 2.91. The van der Waals surface area contributed by atoms with Gasteiger partial charge in [-0.25, -0.2) is 9.18 Å². The normalized spacial score (nSPS) is 10.3. The average Bonchev–Trinajstić information content (AvgIpc) is 2.59. The Morgan fingerprint density at radius 2 is 1.92 bits per heavy atom. The molecule has 128 valence electrons. The van der Waals surface area contributed by atoms with E-state index in [4.69, 9.17) is 4.74 Å². The lowest BCUT2D eigenvalue weighted by Gasteiger charge is -2.21. The molecule has 0 spiro atoms. The molecule has 24 heavy (non-hydrogen) atoms. The summed E-state index contributed by atoms with van der Waals surface area (Å²) in [5.41, 5.74) is 1.88. The predicted octanol–water partition coefficient (Wildman–Crippen LogP) is 3.61. The third-order valence-electron chi connectivity index (χ3n) is 3.76. The molecular formula is C19H23FN2O2. The number of methoxy groups -OCH3 is 1. The van der Waals surface area contributed by atoms with Crippen LogP contribution in [0.5, 0.6) is 5.75 Å². The number of nitrogens with zero attached hydrogens (tertiary/aromatic N) is 1. The van der Waals surface area contributed by atoms with Gasteiger partial charge in [0, 0.05) is 19.6 Å². The van der Waals surface area contributed by atoms with Gasteiger partial charge in [0.2, 0.25) is 0 Å². The molecule has 0 aliphatic heterocycles. The lowest BCUT2D eigenvalue weighted by molar-refractivity contribution is 0.198.